The van der Waals surface area contributed by atoms with Crippen LogP contribution in [0.4, 0.5) is 0 Å². The Bertz CT molecular complexity index is 1210. The smallest absolute Gasteiger partial charge is 0.0574 e. The summed E-state index contributed by atoms with van der Waals surface area (Å²) in [6.07, 6.45) is 13.8. The number of rotatable bonds is 1. The second kappa shape index (κ2) is 5.99. The topological polar surface area (TPSA) is 3.24 Å². The third-order valence-corrected chi connectivity index (χ3v) is 6.40. The van der Waals surface area contributed by atoms with Crippen LogP contribution in [0.15, 0.2) is 60.3 Å². The fourth-order valence-corrected chi connectivity index (χ4v) is 5.25. The van der Waals surface area contributed by atoms with Gasteiger partial charge in [0, 0.05) is 11.4 Å². The van der Waals surface area contributed by atoms with Crippen LogP contribution in [0.25, 0.3) is 11.8 Å². The molecule has 0 N–H and O–H groups in total. The van der Waals surface area contributed by atoms with Crippen molar-refractivity contribution in [2.75, 3.05) is 0 Å². The lowest BCUT2D eigenvalue weighted by Gasteiger charge is -2.43. The van der Waals surface area contributed by atoms with Crippen molar-refractivity contribution in [3.63, 3.8) is 0 Å². The molecule has 0 saturated heterocycles. The molecule has 0 aromatic heterocycles. The Balaban J connectivity index is 1.84. The van der Waals surface area contributed by atoms with Gasteiger partial charge in [0.15, 0.2) is 0 Å². The van der Waals surface area contributed by atoms with Crippen LogP contribution in [0.2, 0.25) is 0 Å². The summed E-state index contributed by atoms with van der Waals surface area (Å²) in [4.78, 5) is 2.57. The average molecular weight is 354 g/mol. The van der Waals surface area contributed by atoms with Crippen LogP contribution in [-0.4, -0.2) is 10.4 Å². The van der Waals surface area contributed by atoms with Crippen LogP contribution in [0.5, 0.6) is 0 Å². The third kappa shape index (κ3) is 2.52. The van der Waals surface area contributed by atoms with E-state index in [2.05, 4.69) is 86.4 Å². The molecule has 0 fully saturated rings. The molecule has 1 aliphatic heterocycles. The fraction of sp³-hybridized carbons (Fsp3) is 0.308. The van der Waals surface area contributed by atoms with Gasteiger partial charge >= 0.3 is 0 Å². The van der Waals surface area contributed by atoms with E-state index in [1.54, 1.807) is 11.1 Å². The van der Waals surface area contributed by atoms with Crippen LogP contribution >= 0.6 is 0 Å². The summed E-state index contributed by atoms with van der Waals surface area (Å²) in [5.41, 5.74) is 6.01. The van der Waals surface area contributed by atoms with Gasteiger partial charge in [-0.15, -0.1) is 0 Å². The fourth-order valence-electron chi connectivity index (χ4n) is 5.25. The summed E-state index contributed by atoms with van der Waals surface area (Å²) in [7, 11) is 0. The van der Waals surface area contributed by atoms with Crippen molar-refractivity contribution in [2.24, 2.45) is 0 Å². The Morgan fingerprint density at radius 3 is 2.56 bits per heavy atom. The summed E-state index contributed by atoms with van der Waals surface area (Å²) in [5, 5.41) is 5.69. The van der Waals surface area contributed by atoms with E-state index in [0.29, 0.717) is 0 Å². The zero-order valence-corrected chi connectivity index (χ0v) is 16.5. The largest absolute Gasteiger partial charge is 0.339 e. The van der Waals surface area contributed by atoms with Gasteiger partial charge in [0.05, 0.1) is 5.54 Å². The Kier molecular flexibility index (Phi) is 3.69. The monoisotopic (exact) mass is 353 g/mol. The van der Waals surface area contributed by atoms with E-state index < -0.39 is 0 Å². The first-order valence-electron chi connectivity index (χ1n) is 10.2. The summed E-state index contributed by atoms with van der Waals surface area (Å²) < 4.78 is 0. The number of hydrogen-bond donors (Lipinski definition) is 0. The maximum absolute atomic E-state index is 2.57. The third-order valence-electron chi connectivity index (χ3n) is 6.40. The SMILES string of the molecule is CC1=CC=CC(C)(C)N1C1=c2ccc3c(c2CCC1)CC=c1ccccc1=3. The first kappa shape index (κ1) is 16.6. The van der Waals surface area contributed by atoms with E-state index in [1.807, 2.05) is 0 Å². The molecule has 0 saturated carbocycles. The van der Waals surface area contributed by atoms with Crippen molar-refractivity contribution in [3.05, 3.63) is 92.3 Å². The predicted octanol–water partition coefficient (Wildman–Crippen LogP) is 4.31. The zero-order valence-electron chi connectivity index (χ0n) is 16.5. The molecule has 136 valence electrons. The lowest BCUT2D eigenvalue weighted by Crippen LogP contribution is -2.44. The number of benzene rings is 2. The van der Waals surface area contributed by atoms with Crippen molar-refractivity contribution in [1.82, 2.24) is 4.90 Å². The maximum Gasteiger partial charge on any atom is 0.0574 e. The highest BCUT2D eigenvalue weighted by Gasteiger charge is 2.31. The van der Waals surface area contributed by atoms with Crippen molar-refractivity contribution >= 4 is 11.8 Å². The summed E-state index contributed by atoms with van der Waals surface area (Å²) >= 11 is 0. The minimum absolute atomic E-state index is 0.0252. The molecule has 2 aromatic carbocycles. The molecule has 2 aromatic rings. The molecule has 0 spiro atoms. The van der Waals surface area contributed by atoms with Crippen LogP contribution in [-0.2, 0) is 12.8 Å². The van der Waals surface area contributed by atoms with Gasteiger partial charge in [0.25, 0.3) is 0 Å². The van der Waals surface area contributed by atoms with Gasteiger partial charge in [-0.3, -0.25) is 0 Å². The first-order valence-corrected chi connectivity index (χ1v) is 10.2. The molecule has 1 heterocycles. The highest BCUT2D eigenvalue weighted by molar-refractivity contribution is 5.56. The lowest BCUT2D eigenvalue weighted by atomic mass is 9.86. The van der Waals surface area contributed by atoms with Gasteiger partial charge in [-0.2, -0.15) is 0 Å². The predicted molar refractivity (Wildman–Crippen MR) is 113 cm³/mol. The molecular weight excluding hydrogens is 326 g/mol. The van der Waals surface area contributed by atoms with Crippen molar-refractivity contribution in [2.45, 2.75) is 52.0 Å². The number of fused-ring (bicyclic) bond motifs is 4. The Morgan fingerprint density at radius 1 is 0.889 bits per heavy atom. The van der Waals surface area contributed by atoms with Crippen molar-refractivity contribution in [1.29, 1.82) is 0 Å². The van der Waals surface area contributed by atoms with E-state index in [4.69, 9.17) is 0 Å². The molecule has 0 unspecified atom stereocenters. The minimum Gasteiger partial charge on any atom is -0.339 e. The van der Waals surface area contributed by atoms with Crippen molar-refractivity contribution < 1.29 is 0 Å². The molecule has 1 heteroatoms. The minimum atomic E-state index is 0.0252. The lowest BCUT2D eigenvalue weighted by molar-refractivity contribution is 0.295. The highest BCUT2D eigenvalue weighted by Crippen LogP contribution is 2.34. The molecule has 0 atom stereocenters. The second-order valence-electron chi connectivity index (χ2n) is 8.57. The number of allylic oxidation sites excluding steroid dienone is 3. The zero-order chi connectivity index (χ0) is 18.6. The van der Waals surface area contributed by atoms with E-state index in [9.17, 15) is 0 Å². The number of nitrogens with zero attached hydrogens (tertiary/aromatic N) is 1. The molecule has 0 amide bonds. The summed E-state index contributed by atoms with van der Waals surface area (Å²) in [5.74, 6) is 0. The van der Waals surface area contributed by atoms with Gasteiger partial charge in [-0.05, 0) is 84.5 Å². The van der Waals surface area contributed by atoms with Crippen molar-refractivity contribution in [3.8, 4) is 0 Å². The average Bonchev–Trinajstić information content (AvgIpc) is 2.67. The van der Waals surface area contributed by atoms with Crippen LogP contribution in [0.3, 0.4) is 0 Å². The first-order chi connectivity index (χ1) is 13.1. The van der Waals surface area contributed by atoms with E-state index in [0.717, 1.165) is 12.8 Å². The standard InChI is InChI=1S/C26H27N/c1-18-8-7-17-26(2,3)27(18)25-12-6-11-21-23-14-13-19-9-4-5-10-20(19)22(23)15-16-24(21)25/h4-5,7-10,13,15-17H,6,11-12,14H2,1-3H3. The van der Waals surface area contributed by atoms with Gasteiger partial charge in [-0.25, -0.2) is 0 Å². The molecule has 0 radical (unpaired) electrons. The van der Waals surface area contributed by atoms with Gasteiger partial charge in [-0.1, -0.05) is 54.6 Å². The number of hydrogen-bond acceptors (Lipinski definition) is 1. The summed E-state index contributed by atoms with van der Waals surface area (Å²) in [6.45, 7) is 6.89. The maximum atomic E-state index is 2.57. The van der Waals surface area contributed by atoms with Crippen LogP contribution in [0, 0.1) is 10.4 Å². The Morgan fingerprint density at radius 2 is 1.70 bits per heavy atom. The Labute approximate surface area is 161 Å². The van der Waals surface area contributed by atoms with E-state index in [1.165, 1.54) is 45.1 Å². The second-order valence-corrected chi connectivity index (χ2v) is 8.57. The van der Waals surface area contributed by atoms with Crippen LogP contribution in [0.1, 0.15) is 44.7 Å². The van der Waals surface area contributed by atoms with Gasteiger partial charge in [0.2, 0.25) is 0 Å². The van der Waals surface area contributed by atoms with Crippen LogP contribution < -0.4 is 10.4 Å². The molecule has 1 nitrogen and oxygen atoms in total. The van der Waals surface area contributed by atoms with Gasteiger partial charge in [0.1, 0.15) is 0 Å². The molecular formula is C26H27N. The molecule has 27 heavy (non-hydrogen) atoms. The molecule has 2 aliphatic carbocycles. The normalized spacial score (nSPS) is 19.6. The molecule has 0 bridgehead atoms. The highest BCUT2D eigenvalue weighted by atomic mass is 15.2. The van der Waals surface area contributed by atoms with Gasteiger partial charge < -0.3 is 4.90 Å². The quantitative estimate of drug-likeness (QED) is 0.738. The van der Waals surface area contributed by atoms with E-state index in [-0.39, 0.29) is 5.54 Å². The summed E-state index contributed by atoms with van der Waals surface area (Å²) in [6, 6.07) is 13.6. The Hall–Kier alpha value is -2.54. The van der Waals surface area contributed by atoms with E-state index >= 15 is 0 Å². The molecule has 3 aliphatic rings. The molecule has 5 rings (SSSR count).